The summed E-state index contributed by atoms with van der Waals surface area (Å²) in [4.78, 5) is 16.9. The lowest BCUT2D eigenvalue weighted by Gasteiger charge is -2.42. The highest BCUT2D eigenvalue weighted by Gasteiger charge is 2.43. The van der Waals surface area contributed by atoms with Crippen LogP contribution in [0.15, 0.2) is 17.3 Å². The monoisotopic (exact) mass is 489 g/mol. The molecule has 3 aliphatic heterocycles. The first-order valence-corrected chi connectivity index (χ1v) is 13.5. The van der Waals surface area contributed by atoms with Crippen molar-refractivity contribution in [2.75, 3.05) is 42.3 Å². The lowest BCUT2D eigenvalue weighted by atomic mass is 9.77. The smallest absolute Gasteiger partial charge is 0.173 e. The normalized spacial score (nSPS) is 25.8. The van der Waals surface area contributed by atoms with Gasteiger partial charge in [0.25, 0.3) is 0 Å². The number of ether oxygens (including phenoxy) is 1. The van der Waals surface area contributed by atoms with Gasteiger partial charge in [-0.25, -0.2) is 15.0 Å². The summed E-state index contributed by atoms with van der Waals surface area (Å²) in [5, 5.41) is 14.1. The largest absolute Gasteiger partial charge is 0.489 e. The Morgan fingerprint density at radius 1 is 1.21 bits per heavy atom. The van der Waals surface area contributed by atoms with Crippen LogP contribution >= 0.6 is 11.6 Å². The van der Waals surface area contributed by atoms with Crippen LogP contribution in [0.1, 0.15) is 61.7 Å². The summed E-state index contributed by atoms with van der Waals surface area (Å²) in [6, 6.07) is 0. The predicted octanol–water partition coefficient (Wildman–Crippen LogP) is 3.22. The number of nitrogens with one attached hydrogen (secondary N) is 1. The maximum absolute atomic E-state index is 13.1. The van der Waals surface area contributed by atoms with Crippen LogP contribution in [0.2, 0.25) is 5.02 Å². The highest BCUT2D eigenvalue weighted by atomic mass is 35.5. The number of pyridine rings is 1. The van der Waals surface area contributed by atoms with Gasteiger partial charge in [-0.3, -0.25) is 4.21 Å². The summed E-state index contributed by atoms with van der Waals surface area (Å²) >= 11 is 5.95. The van der Waals surface area contributed by atoms with E-state index in [0.717, 1.165) is 79.5 Å². The molecule has 2 aromatic rings. The second kappa shape index (κ2) is 8.36. The summed E-state index contributed by atoms with van der Waals surface area (Å²) < 4.78 is 19.3. The Balaban J connectivity index is 1.33. The van der Waals surface area contributed by atoms with Gasteiger partial charge in [-0.05, 0) is 38.5 Å². The highest BCUT2D eigenvalue weighted by Crippen LogP contribution is 2.51. The molecule has 5 heterocycles. The zero-order chi connectivity index (χ0) is 22.6. The fraction of sp³-hybridized carbons (Fsp3) is 0.609. The van der Waals surface area contributed by atoms with Crippen LogP contribution in [-0.4, -0.2) is 61.9 Å². The average Bonchev–Trinajstić information content (AvgIpc) is 3.16. The number of anilines is 2. The van der Waals surface area contributed by atoms with E-state index < -0.39 is 10.8 Å². The molecule has 0 amide bonds. The minimum atomic E-state index is -1.10. The van der Waals surface area contributed by atoms with Gasteiger partial charge in [0.15, 0.2) is 11.6 Å². The van der Waals surface area contributed by atoms with Crippen LogP contribution in [0, 0.1) is 0 Å². The Labute approximate surface area is 200 Å². The van der Waals surface area contributed by atoms with Crippen LogP contribution in [0.5, 0.6) is 5.75 Å². The molecule has 0 aromatic carbocycles. The molecule has 1 unspecified atom stereocenters. The number of aliphatic hydroxyl groups excluding tert-OH is 1. The van der Waals surface area contributed by atoms with Crippen LogP contribution in [-0.2, 0) is 10.8 Å². The highest BCUT2D eigenvalue weighted by molar-refractivity contribution is 7.85. The first-order valence-electron chi connectivity index (χ1n) is 11.8. The number of hydrogen-bond donors (Lipinski definition) is 2. The van der Waals surface area contributed by atoms with E-state index in [2.05, 4.69) is 20.2 Å². The standard InChI is InChI=1S/C23H28ClN5O3S/c24-16-10-25-20(26-11-16)14-2-7-29(8-3-14)22-18-17-15(4-9-32-18)12-33(31)19(17)21(27-22)28-23(13-30)5-1-6-23/h10-11,14-15,30H,1-9,12-13H2,(H,27,28)/t15?,33-/m1/s1. The molecule has 1 aliphatic carbocycles. The minimum Gasteiger partial charge on any atom is -0.489 e. The molecule has 2 atom stereocenters. The van der Waals surface area contributed by atoms with Gasteiger partial charge in [-0.15, -0.1) is 0 Å². The molecule has 2 N–H and O–H groups in total. The van der Waals surface area contributed by atoms with E-state index in [1.807, 2.05) is 0 Å². The lowest BCUT2D eigenvalue weighted by molar-refractivity contribution is 0.143. The van der Waals surface area contributed by atoms with E-state index in [9.17, 15) is 9.32 Å². The molecule has 0 radical (unpaired) electrons. The summed E-state index contributed by atoms with van der Waals surface area (Å²) in [7, 11) is -1.10. The Morgan fingerprint density at radius 3 is 2.64 bits per heavy atom. The summed E-state index contributed by atoms with van der Waals surface area (Å²) in [5.74, 6) is 4.33. The predicted molar refractivity (Wildman–Crippen MR) is 127 cm³/mol. The van der Waals surface area contributed by atoms with Crippen molar-refractivity contribution < 1.29 is 14.1 Å². The van der Waals surface area contributed by atoms with Crippen LogP contribution < -0.4 is 15.0 Å². The van der Waals surface area contributed by atoms with Crippen LogP contribution in [0.25, 0.3) is 0 Å². The number of rotatable bonds is 5. The first-order chi connectivity index (χ1) is 16.1. The number of aliphatic hydroxyl groups is 1. The Bertz CT molecular complexity index is 1080. The van der Waals surface area contributed by atoms with Crippen molar-refractivity contribution in [3.8, 4) is 5.75 Å². The van der Waals surface area contributed by atoms with Gasteiger partial charge in [0.05, 0.1) is 39.5 Å². The van der Waals surface area contributed by atoms with Crippen molar-refractivity contribution in [3.05, 3.63) is 28.8 Å². The Hall–Kier alpha value is -1.97. The molecule has 33 heavy (non-hydrogen) atoms. The van der Waals surface area contributed by atoms with Gasteiger partial charge in [0.2, 0.25) is 0 Å². The quantitative estimate of drug-likeness (QED) is 0.660. The van der Waals surface area contributed by atoms with Crippen molar-refractivity contribution in [1.29, 1.82) is 0 Å². The third-order valence-electron chi connectivity index (χ3n) is 7.62. The van der Waals surface area contributed by atoms with Crippen molar-refractivity contribution in [1.82, 2.24) is 15.0 Å². The van der Waals surface area contributed by atoms with E-state index in [1.165, 1.54) is 0 Å². The fourth-order valence-corrected chi connectivity index (χ4v) is 7.32. The summed E-state index contributed by atoms with van der Waals surface area (Å²) in [5.41, 5.74) is 0.716. The number of hydrogen-bond acceptors (Lipinski definition) is 8. The molecule has 6 rings (SSSR count). The molecular weight excluding hydrogens is 462 g/mol. The molecule has 1 saturated heterocycles. The van der Waals surface area contributed by atoms with Gasteiger partial charge < -0.3 is 20.1 Å². The number of aromatic nitrogens is 3. The number of nitrogens with zero attached hydrogens (tertiary/aromatic N) is 4. The molecule has 4 aliphatic rings. The van der Waals surface area contributed by atoms with Gasteiger partial charge in [0.1, 0.15) is 11.6 Å². The van der Waals surface area contributed by atoms with E-state index in [4.69, 9.17) is 21.3 Å². The zero-order valence-electron chi connectivity index (χ0n) is 18.4. The molecule has 8 nitrogen and oxygen atoms in total. The van der Waals surface area contributed by atoms with E-state index >= 15 is 0 Å². The summed E-state index contributed by atoms with van der Waals surface area (Å²) in [6.07, 6.45) is 8.91. The minimum absolute atomic E-state index is 0.0551. The van der Waals surface area contributed by atoms with Crippen molar-refractivity contribution in [3.63, 3.8) is 0 Å². The van der Waals surface area contributed by atoms with E-state index in [0.29, 0.717) is 23.2 Å². The van der Waals surface area contributed by atoms with Crippen molar-refractivity contribution in [2.45, 2.75) is 60.8 Å². The molecule has 1 saturated carbocycles. The Morgan fingerprint density at radius 2 is 1.97 bits per heavy atom. The average molecular weight is 490 g/mol. The zero-order valence-corrected chi connectivity index (χ0v) is 20.0. The first kappa shape index (κ1) is 21.6. The third kappa shape index (κ3) is 3.68. The molecule has 10 heteroatoms. The maximum Gasteiger partial charge on any atom is 0.173 e. The van der Waals surface area contributed by atoms with Gasteiger partial charge in [0, 0.05) is 48.6 Å². The van der Waals surface area contributed by atoms with Gasteiger partial charge >= 0.3 is 0 Å². The van der Waals surface area contributed by atoms with Crippen molar-refractivity contribution >= 4 is 34.0 Å². The van der Waals surface area contributed by atoms with Gasteiger partial charge in [-0.2, -0.15) is 0 Å². The lowest BCUT2D eigenvalue weighted by Crippen LogP contribution is -2.48. The summed E-state index contributed by atoms with van der Waals surface area (Å²) in [6.45, 7) is 2.32. The molecule has 0 bridgehead atoms. The molecule has 176 valence electrons. The number of piperidine rings is 1. The molecular formula is C23H28ClN5O3S. The second-order valence-electron chi connectivity index (χ2n) is 9.64. The molecule has 2 fully saturated rings. The van der Waals surface area contributed by atoms with E-state index in [1.54, 1.807) is 12.4 Å². The SMILES string of the molecule is O=[S@@]1CC2CCOc3c(N4CCC(c5ncc(Cl)cn5)CC4)nc(NC4(CO)CCC4)c1c32. The second-order valence-corrected chi connectivity index (χ2v) is 11.5. The Kier molecular flexibility index (Phi) is 5.46. The number of halogens is 1. The maximum atomic E-state index is 13.1. The van der Waals surface area contributed by atoms with Crippen LogP contribution in [0.4, 0.5) is 11.6 Å². The molecule has 2 aromatic heterocycles. The van der Waals surface area contributed by atoms with Crippen LogP contribution in [0.3, 0.4) is 0 Å². The third-order valence-corrected chi connectivity index (χ3v) is 9.39. The molecule has 0 spiro atoms. The van der Waals surface area contributed by atoms with E-state index in [-0.39, 0.29) is 24.0 Å². The van der Waals surface area contributed by atoms with Gasteiger partial charge in [-0.1, -0.05) is 11.6 Å². The van der Waals surface area contributed by atoms with Crippen molar-refractivity contribution in [2.24, 2.45) is 0 Å². The fourth-order valence-electron chi connectivity index (χ4n) is 5.54. The topological polar surface area (TPSA) is 100 Å².